The summed E-state index contributed by atoms with van der Waals surface area (Å²) in [5, 5.41) is 10.8. The molecule has 25 heavy (non-hydrogen) atoms. The van der Waals surface area contributed by atoms with Crippen molar-refractivity contribution < 1.29 is 9.31 Å². The number of benzene rings is 2. The summed E-state index contributed by atoms with van der Waals surface area (Å²) in [7, 11) is 0. The average molecular weight is 341 g/mol. The van der Waals surface area contributed by atoms with Crippen molar-refractivity contribution >= 4 is 11.4 Å². The molecule has 4 rings (SSSR count). The molecule has 2 aliphatic rings. The van der Waals surface area contributed by atoms with Gasteiger partial charge in [0.1, 0.15) is 5.82 Å². The summed E-state index contributed by atoms with van der Waals surface area (Å²) in [5.74, 6) is -0.157. The minimum absolute atomic E-state index is 0.118. The first-order valence-electron chi connectivity index (χ1n) is 8.63. The number of rotatable bonds is 3. The van der Waals surface area contributed by atoms with Crippen molar-refractivity contribution in [3.05, 3.63) is 69.5 Å². The Labute approximate surface area is 145 Å². The van der Waals surface area contributed by atoms with E-state index in [0.29, 0.717) is 6.04 Å². The van der Waals surface area contributed by atoms with Crippen LogP contribution in [0, 0.1) is 15.9 Å². The molecule has 2 aromatic carbocycles. The molecule has 0 bridgehead atoms. The second-order valence-electron chi connectivity index (χ2n) is 6.69. The summed E-state index contributed by atoms with van der Waals surface area (Å²) in [5.41, 5.74) is 3.54. The van der Waals surface area contributed by atoms with Crippen molar-refractivity contribution in [2.75, 3.05) is 31.1 Å². The summed E-state index contributed by atoms with van der Waals surface area (Å²) in [6.07, 6.45) is 2.07. The van der Waals surface area contributed by atoms with E-state index in [1.54, 1.807) is 24.3 Å². The molecule has 1 aliphatic carbocycles. The predicted molar refractivity (Wildman–Crippen MR) is 94.3 cm³/mol. The van der Waals surface area contributed by atoms with Gasteiger partial charge in [0, 0.05) is 50.0 Å². The molecule has 0 radical (unpaired) electrons. The van der Waals surface area contributed by atoms with Gasteiger partial charge >= 0.3 is 0 Å². The molecule has 6 heteroatoms. The van der Waals surface area contributed by atoms with Gasteiger partial charge in [-0.3, -0.25) is 15.0 Å². The van der Waals surface area contributed by atoms with Gasteiger partial charge in [0.25, 0.3) is 5.69 Å². The topological polar surface area (TPSA) is 49.6 Å². The van der Waals surface area contributed by atoms with E-state index in [-0.39, 0.29) is 16.4 Å². The summed E-state index contributed by atoms with van der Waals surface area (Å²) in [6.45, 7) is 3.58. The summed E-state index contributed by atoms with van der Waals surface area (Å²) in [6, 6.07) is 12.2. The van der Waals surface area contributed by atoms with E-state index in [1.807, 2.05) is 18.2 Å². The third-order valence-corrected chi connectivity index (χ3v) is 5.33. The zero-order valence-corrected chi connectivity index (χ0v) is 13.9. The SMILES string of the molecule is O=[N+]([O-])c1ccc(N2CCN([C@H]3CCc4ccc(F)cc43)CC2)cc1. The van der Waals surface area contributed by atoms with Crippen LogP contribution in [0.3, 0.4) is 0 Å². The van der Waals surface area contributed by atoms with E-state index in [2.05, 4.69) is 9.80 Å². The molecule has 0 unspecified atom stereocenters. The number of non-ortho nitro benzene ring substituents is 1. The first kappa shape index (κ1) is 16.0. The van der Waals surface area contributed by atoms with Crippen molar-refractivity contribution in [2.45, 2.75) is 18.9 Å². The number of nitrogens with zero attached hydrogens (tertiary/aromatic N) is 3. The van der Waals surface area contributed by atoms with Gasteiger partial charge in [0.05, 0.1) is 4.92 Å². The molecule has 0 saturated carbocycles. The molecule has 1 aliphatic heterocycles. The smallest absolute Gasteiger partial charge is 0.269 e. The zero-order valence-electron chi connectivity index (χ0n) is 13.9. The molecular weight excluding hydrogens is 321 g/mol. The van der Waals surface area contributed by atoms with Crippen LogP contribution >= 0.6 is 0 Å². The second-order valence-corrected chi connectivity index (χ2v) is 6.69. The third-order valence-electron chi connectivity index (χ3n) is 5.33. The van der Waals surface area contributed by atoms with Crippen molar-refractivity contribution in [2.24, 2.45) is 0 Å². The minimum atomic E-state index is -0.377. The van der Waals surface area contributed by atoms with Gasteiger partial charge in [-0.1, -0.05) is 6.07 Å². The minimum Gasteiger partial charge on any atom is -0.369 e. The van der Waals surface area contributed by atoms with Crippen LogP contribution in [0.5, 0.6) is 0 Å². The van der Waals surface area contributed by atoms with Crippen LogP contribution in [0.2, 0.25) is 0 Å². The van der Waals surface area contributed by atoms with Crippen molar-refractivity contribution in [3.63, 3.8) is 0 Å². The largest absolute Gasteiger partial charge is 0.369 e. The van der Waals surface area contributed by atoms with E-state index in [1.165, 1.54) is 5.56 Å². The van der Waals surface area contributed by atoms with Gasteiger partial charge in [-0.15, -0.1) is 0 Å². The number of hydrogen-bond acceptors (Lipinski definition) is 4. The van der Waals surface area contributed by atoms with Crippen LogP contribution in [0.15, 0.2) is 42.5 Å². The molecule has 0 amide bonds. The molecule has 5 nitrogen and oxygen atoms in total. The maximum atomic E-state index is 13.6. The standard InChI is InChI=1S/C19H20FN3O2/c20-15-3-1-14-2-8-19(18(14)13-15)22-11-9-21(10-12-22)16-4-6-17(7-5-16)23(24)25/h1,3-7,13,19H,2,8-12H2/t19-/m0/s1. The molecule has 130 valence electrons. The zero-order chi connectivity index (χ0) is 17.4. The van der Waals surface area contributed by atoms with Gasteiger partial charge in [-0.05, 0) is 48.2 Å². The van der Waals surface area contributed by atoms with Crippen molar-refractivity contribution in [3.8, 4) is 0 Å². The number of nitro benzene ring substituents is 1. The number of aryl methyl sites for hydroxylation is 1. The van der Waals surface area contributed by atoms with Crippen molar-refractivity contribution in [1.82, 2.24) is 4.90 Å². The van der Waals surface area contributed by atoms with Gasteiger partial charge < -0.3 is 4.90 Å². The number of halogens is 1. The highest BCUT2D eigenvalue weighted by Crippen LogP contribution is 2.37. The molecule has 1 fully saturated rings. The van der Waals surface area contributed by atoms with Crippen LogP contribution < -0.4 is 4.90 Å². The van der Waals surface area contributed by atoms with Crippen LogP contribution in [-0.4, -0.2) is 36.0 Å². The number of hydrogen-bond donors (Lipinski definition) is 0. The highest BCUT2D eigenvalue weighted by atomic mass is 19.1. The Morgan fingerprint density at radius 3 is 2.44 bits per heavy atom. The maximum Gasteiger partial charge on any atom is 0.269 e. The number of nitro groups is 1. The Morgan fingerprint density at radius 1 is 1.04 bits per heavy atom. The van der Waals surface area contributed by atoms with Gasteiger partial charge in [0.2, 0.25) is 0 Å². The fraction of sp³-hybridized carbons (Fsp3) is 0.368. The highest BCUT2D eigenvalue weighted by Gasteiger charge is 2.30. The molecular formula is C19H20FN3O2. The van der Waals surface area contributed by atoms with Gasteiger partial charge in [0.15, 0.2) is 0 Å². The fourth-order valence-electron chi connectivity index (χ4n) is 4.01. The lowest BCUT2D eigenvalue weighted by Crippen LogP contribution is -2.47. The lowest BCUT2D eigenvalue weighted by molar-refractivity contribution is -0.384. The Kier molecular flexibility index (Phi) is 4.13. The van der Waals surface area contributed by atoms with Crippen LogP contribution in [-0.2, 0) is 6.42 Å². The fourth-order valence-corrected chi connectivity index (χ4v) is 4.01. The Bertz CT molecular complexity index is 786. The van der Waals surface area contributed by atoms with Gasteiger partial charge in [-0.2, -0.15) is 0 Å². The molecule has 2 aromatic rings. The Morgan fingerprint density at radius 2 is 1.76 bits per heavy atom. The van der Waals surface area contributed by atoms with Crippen molar-refractivity contribution in [1.29, 1.82) is 0 Å². The first-order chi connectivity index (χ1) is 12.1. The lowest BCUT2D eigenvalue weighted by atomic mass is 10.1. The molecule has 0 aromatic heterocycles. The quantitative estimate of drug-likeness (QED) is 0.633. The van der Waals surface area contributed by atoms with E-state index in [4.69, 9.17) is 0 Å². The summed E-state index contributed by atoms with van der Waals surface area (Å²) >= 11 is 0. The van der Waals surface area contributed by atoms with E-state index < -0.39 is 0 Å². The summed E-state index contributed by atoms with van der Waals surface area (Å²) in [4.78, 5) is 15.1. The number of anilines is 1. The van der Waals surface area contributed by atoms with Gasteiger partial charge in [-0.25, -0.2) is 4.39 Å². The molecule has 1 heterocycles. The van der Waals surface area contributed by atoms with Crippen LogP contribution in [0.4, 0.5) is 15.8 Å². The molecule has 1 atom stereocenters. The van der Waals surface area contributed by atoms with E-state index >= 15 is 0 Å². The van der Waals surface area contributed by atoms with Crippen LogP contribution in [0.1, 0.15) is 23.6 Å². The maximum absolute atomic E-state index is 13.6. The average Bonchev–Trinajstić information content (AvgIpc) is 3.05. The Balaban J connectivity index is 1.42. The van der Waals surface area contributed by atoms with Crippen LogP contribution in [0.25, 0.3) is 0 Å². The molecule has 0 spiro atoms. The highest BCUT2D eigenvalue weighted by molar-refractivity contribution is 5.51. The monoisotopic (exact) mass is 341 g/mol. The lowest BCUT2D eigenvalue weighted by Gasteiger charge is -2.39. The Hall–Kier alpha value is -2.47. The third kappa shape index (κ3) is 3.09. The van der Waals surface area contributed by atoms with E-state index in [9.17, 15) is 14.5 Å². The van der Waals surface area contributed by atoms with E-state index in [0.717, 1.165) is 50.3 Å². The number of piperazine rings is 1. The molecule has 0 N–H and O–H groups in total. The first-order valence-corrected chi connectivity index (χ1v) is 8.63. The normalized spacial score (nSPS) is 20.5. The molecule has 1 saturated heterocycles. The summed E-state index contributed by atoms with van der Waals surface area (Å²) < 4.78 is 13.6. The number of fused-ring (bicyclic) bond motifs is 1. The second kappa shape index (κ2) is 6.44. The predicted octanol–water partition coefficient (Wildman–Crippen LogP) is 3.54.